The molecule has 10 heteroatoms. The van der Waals surface area contributed by atoms with Crippen molar-refractivity contribution in [3.8, 4) is 0 Å². The first-order valence-electron chi connectivity index (χ1n) is 11.0. The Bertz CT molecular complexity index is 832. The largest absolute Gasteiger partial charge is 0.380 e. The van der Waals surface area contributed by atoms with Crippen LogP contribution in [-0.2, 0) is 11.3 Å². The van der Waals surface area contributed by atoms with Crippen LogP contribution in [0.3, 0.4) is 0 Å². The summed E-state index contributed by atoms with van der Waals surface area (Å²) in [4.78, 5) is 22.2. The Morgan fingerprint density at radius 3 is 2.70 bits per heavy atom. The molecule has 0 unspecified atom stereocenters. The fourth-order valence-corrected chi connectivity index (χ4v) is 3.68. The number of carbonyl (C=O) groups excluding carboxylic acids is 1. The zero-order chi connectivity index (χ0) is 21.3. The number of rotatable bonds is 12. The van der Waals surface area contributed by atoms with Crippen LogP contribution in [0.1, 0.15) is 50.0 Å². The third-order valence-electron chi connectivity index (χ3n) is 5.15. The number of carbonyl (C=O) groups is 1. The molecule has 0 bridgehead atoms. The molecule has 1 aliphatic rings. The normalized spacial score (nSPS) is 14.4. The van der Waals surface area contributed by atoms with Crippen LogP contribution in [-0.4, -0.2) is 71.6 Å². The van der Waals surface area contributed by atoms with Gasteiger partial charge < -0.3 is 26.0 Å². The summed E-state index contributed by atoms with van der Waals surface area (Å²) in [6.45, 7) is 7.50. The fraction of sp³-hybridized carbons (Fsp3) is 0.700. The minimum atomic E-state index is -0.238. The fourth-order valence-electron chi connectivity index (χ4n) is 3.68. The molecule has 0 saturated heterocycles. The smallest absolute Gasteiger partial charge is 0.274 e. The summed E-state index contributed by atoms with van der Waals surface area (Å²) in [5.74, 6) is 0.985. The van der Waals surface area contributed by atoms with Crippen molar-refractivity contribution in [3.05, 3.63) is 5.69 Å². The molecule has 10 nitrogen and oxygen atoms in total. The van der Waals surface area contributed by atoms with E-state index in [0.29, 0.717) is 62.6 Å². The molecule has 1 fully saturated rings. The molecule has 0 spiro atoms. The molecular formula is C20H34N8O2. The highest BCUT2D eigenvalue weighted by molar-refractivity contribution is 6.05. The van der Waals surface area contributed by atoms with Crippen molar-refractivity contribution in [1.82, 2.24) is 30.4 Å². The number of aromatic nitrogens is 4. The number of ether oxygens (including phenoxy) is 1. The molecular weight excluding hydrogens is 384 g/mol. The lowest BCUT2D eigenvalue weighted by molar-refractivity contribution is 0.0948. The van der Waals surface area contributed by atoms with Gasteiger partial charge in [0.2, 0.25) is 5.95 Å². The summed E-state index contributed by atoms with van der Waals surface area (Å²) in [5.41, 5.74) is 1.62. The maximum absolute atomic E-state index is 12.9. The lowest BCUT2D eigenvalue weighted by Gasteiger charge is -2.15. The summed E-state index contributed by atoms with van der Waals surface area (Å²) < 4.78 is 7.32. The lowest BCUT2D eigenvalue weighted by atomic mass is 10.2. The molecule has 2 aromatic heterocycles. The Balaban J connectivity index is 2.03. The zero-order valence-corrected chi connectivity index (χ0v) is 18.3. The van der Waals surface area contributed by atoms with Gasteiger partial charge in [-0.1, -0.05) is 12.8 Å². The first kappa shape index (κ1) is 22.2. The number of hydrogen-bond donors (Lipinski definition) is 4. The molecule has 4 N–H and O–H groups in total. The average Bonchev–Trinajstić information content (AvgIpc) is 3.37. The van der Waals surface area contributed by atoms with E-state index in [1.165, 1.54) is 12.8 Å². The second kappa shape index (κ2) is 11.1. The molecule has 30 heavy (non-hydrogen) atoms. The van der Waals surface area contributed by atoms with Gasteiger partial charge in [0.15, 0.2) is 11.5 Å². The Kier molecular flexibility index (Phi) is 8.21. The highest BCUT2D eigenvalue weighted by atomic mass is 16.5. The van der Waals surface area contributed by atoms with Crippen LogP contribution < -0.4 is 21.3 Å². The van der Waals surface area contributed by atoms with Crippen molar-refractivity contribution in [3.63, 3.8) is 0 Å². The number of nitrogens with zero attached hydrogens (tertiary/aromatic N) is 4. The van der Waals surface area contributed by atoms with E-state index in [1.54, 1.807) is 4.68 Å². The van der Waals surface area contributed by atoms with Crippen LogP contribution in [0, 0.1) is 0 Å². The van der Waals surface area contributed by atoms with E-state index in [0.717, 1.165) is 24.2 Å². The van der Waals surface area contributed by atoms with E-state index in [4.69, 9.17) is 9.72 Å². The van der Waals surface area contributed by atoms with Crippen LogP contribution in [0.25, 0.3) is 11.0 Å². The van der Waals surface area contributed by atoms with E-state index >= 15 is 0 Å². The number of fused-ring (bicyclic) bond motifs is 1. The summed E-state index contributed by atoms with van der Waals surface area (Å²) in [7, 11) is 1.85. The second-order valence-corrected chi connectivity index (χ2v) is 7.38. The van der Waals surface area contributed by atoms with Crippen LogP contribution in [0.2, 0.25) is 0 Å². The van der Waals surface area contributed by atoms with E-state index in [9.17, 15) is 4.79 Å². The SMILES string of the molecule is CCNc1nc(NC2CCCC2)c2c(n1)c(C(=O)NCCNC)nn2CCOCC. The minimum absolute atomic E-state index is 0.238. The molecule has 0 atom stereocenters. The van der Waals surface area contributed by atoms with Crippen LogP contribution >= 0.6 is 0 Å². The van der Waals surface area contributed by atoms with E-state index in [2.05, 4.69) is 31.3 Å². The van der Waals surface area contributed by atoms with Crippen molar-refractivity contribution >= 4 is 28.7 Å². The van der Waals surface area contributed by atoms with E-state index in [1.807, 2.05) is 20.9 Å². The number of likely N-dealkylation sites (N-methyl/N-ethyl adjacent to an activating group) is 1. The Morgan fingerprint density at radius 2 is 2.00 bits per heavy atom. The second-order valence-electron chi connectivity index (χ2n) is 7.38. The third-order valence-corrected chi connectivity index (χ3v) is 5.15. The number of hydrogen-bond acceptors (Lipinski definition) is 8. The molecule has 1 aliphatic carbocycles. The molecule has 1 amide bonds. The predicted octanol–water partition coefficient (Wildman–Crippen LogP) is 1.60. The molecule has 166 valence electrons. The summed E-state index contributed by atoms with van der Waals surface area (Å²) >= 11 is 0. The van der Waals surface area contributed by atoms with Gasteiger partial charge in [-0.2, -0.15) is 10.1 Å². The summed E-state index contributed by atoms with van der Waals surface area (Å²) in [6.07, 6.45) is 4.67. The topological polar surface area (TPSA) is 118 Å². The van der Waals surface area contributed by atoms with Gasteiger partial charge >= 0.3 is 0 Å². The van der Waals surface area contributed by atoms with Gasteiger partial charge in [0.25, 0.3) is 5.91 Å². The maximum atomic E-state index is 12.9. The van der Waals surface area contributed by atoms with Gasteiger partial charge in [-0.25, -0.2) is 4.98 Å². The Hall–Kier alpha value is -2.46. The van der Waals surface area contributed by atoms with Crippen molar-refractivity contribution < 1.29 is 9.53 Å². The molecule has 0 aliphatic heterocycles. The number of nitrogens with one attached hydrogen (secondary N) is 4. The number of amides is 1. The van der Waals surface area contributed by atoms with Crippen LogP contribution in [0.15, 0.2) is 0 Å². The third kappa shape index (κ3) is 5.37. The average molecular weight is 419 g/mol. The quantitative estimate of drug-likeness (QED) is 0.384. The molecule has 3 rings (SSSR count). The maximum Gasteiger partial charge on any atom is 0.274 e. The van der Waals surface area contributed by atoms with Crippen LogP contribution in [0.4, 0.5) is 11.8 Å². The van der Waals surface area contributed by atoms with Crippen molar-refractivity contribution in [2.75, 3.05) is 50.5 Å². The highest BCUT2D eigenvalue weighted by Crippen LogP contribution is 2.29. The standard InChI is InChI=1S/C20H34N8O2/c1-4-22-20-25-15-16(19(29)23-11-10-21-3)27-28(12-13-30-5-2)17(15)18(26-20)24-14-8-6-7-9-14/h14,21H,4-13H2,1-3H3,(H,23,29)(H2,22,24,25,26). The minimum Gasteiger partial charge on any atom is -0.380 e. The first-order chi connectivity index (χ1) is 14.7. The van der Waals surface area contributed by atoms with Gasteiger partial charge in [-0.15, -0.1) is 0 Å². The lowest BCUT2D eigenvalue weighted by Crippen LogP contribution is -2.31. The van der Waals surface area contributed by atoms with Crippen molar-refractivity contribution in [1.29, 1.82) is 0 Å². The van der Waals surface area contributed by atoms with Gasteiger partial charge in [0.05, 0.1) is 13.2 Å². The van der Waals surface area contributed by atoms with Gasteiger partial charge in [-0.3, -0.25) is 9.48 Å². The van der Waals surface area contributed by atoms with Gasteiger partial charge in [0.1, 0.15) is 11.0 Å². The highest BCUT2D eigenvalue weighted by Gasteiger charge is 2.25. The number of anilines is 2. The van der Waals surface area contributed by atoms with Crippen molar-refractivity contribution in [2.45, 2.75) is 52.1 Å². The molecule has 2 aromatic rings. The molecule has 0 aromatic carbocycles. The first-order valence-corrected chi connectivity index (χ1v) is 11.0. The molecule has 1 saturated carbocycles. The Labute approximate surface area is 177 Å². The van der Waals surface area contributed by atoms with Gasteiger partial charge in [0, 0.05) is 32.3 Å². The predicted molar refractivity (Wildman–Crippen MR) is 118 cm³/mol. The van der Waals surface area contributed by atoms with Crippen LogP contribution in [0.5, 0.6) is 0 Å². The Morgan fingerprint density at radius 1 is 1.20 bits per heavy atom. The van der Waals surface area contributed by atoms with Crippen molar-refractivity contribution in [2.24, 2.45) is 0 Å². The van der Waals surface area contributed by atoms with Gasteiger partial charge in [-0.05, 0) is 33.7 Å². The summed E-state index contributed by atoms with van der Waals surface area (Å²) in [6, 6.07) is 0.376. The summed E-state index contributed by atoms with van der Waals surface area (Å²) in [5, 5.41) is 17.3. The zero-order valence-electron chi connectivity index (χ0n) is 18.3. The molecule has 0 radical (unpaired) electrons. The monoisotopic (exact) mass is 418 g/mol. The molecule has 2 heterocycles. The van der Waals surface area contributed by atoms with E-state index in [-0.39, 0.29) is 5.91 Å². The van der Waals surface area contributed by atoms with E-state index < -0.39 is 0 Å².